The average molecular weight is 420 g/mol. The molecule has 2 aliphatic carbocycles. The maximum absolute atomic E-state index is 13.1. The Kier molecular flexibility index (Phi) is 6.46. The lowest BCUT2D eigenvalue weighted by Gasteiger charge is -2.29. The first-order valence-electron chi connectivity index (χ1n) is 10.2. The smallest absolute Gasteiger partial charge is 0.341 e. The molecule has 0 saturated heterocycles. The highest BCUT2D eigenvalue weighted by molar-refractivity contribution is 7.17. The summed E-state index contributed by atoms with van der Waals surface area (Å²) in [6, 6.07) is 0. The molecule has 0 aliphatic heterocycles. The minimum absolute atomic E-state index is 0.333. The van der Waals surface area contributed by atoms with Crippen LogP contribution in [0.25, 0.3) is 0 Å². The van der Waals surface area contributed by atoms with Crippen molar-refractivity contribution in [2.75, 3.05) is 12.4 Å². The van der Waals surface area contributed by atoms with Crippen molar-refractivity contribution in [2.24, 2.45) is 17.8 Å². The van der Waals surface area contributed by atoms with Gasteiger partial charge in [0.1, 0.15) is 5.00 Å². The standard InChI is InChI=1S/C22H29NO5S/c1-5-13-6-7-14-17(10-13)29-20(18(14)22(27)28-4)23-19(24)15-8-11(2)12(3)9-16(15)21(25)26/h13,15-16H,5-10H2,1-4H3,(H,23,24)(H,25,26)/t13-,15+,16-/m1/s1. The molecule has 158 valence electrons. The largest absolute Gasteiger partial charge is 0.481 e. The molecule has 1 amide bonds. The number of nitrogens with one attached hydrogen (secondary N) is 1. The summed E-state index contributed by atoms with van der Waals surface area (Å²) < 4.78 is 4.99. The Morgan fingerprint density at radius 1 is 1.14 bits per heavy atom. The predicted molar refractivity (Wildman–Crippen MR) is 112 cm³/mol. The van der Waals surface area contributed by atoms with Crippen molar-refractivity contribution in [3.8, 4) is 0 Å². The number of anilines is 1. The van der Waals surface area contributed by atoms with Crippen LogP contribution < -0.4 is 5.32 Å². The summed E-state index contributed by atoms with van der Waals surface area (Å²) in [5.41, 5.74) is 3.52. The number of carbonyl (C=O) groups excluding carboxylic acids is 2. The molecule has 1 aromatic rings. The van der Waals surface area contributed by atoms with Crippen LogP contribution in [0.1, 0.15) is 67.3 Å². The number of carbonyl (C=O) groups is 3. The fraction of sp³-hybridized carbons (Fsp3) is 0.591. The second-order valence-electron chi connectivity index (χ2n) is 8.23. The van der Waals surface area contributed by atoms with Gasteiger partial charge in [-0.3, -0.25) is 9.59 Å². The molecule has 6 nitrogen and oxygen atoms in total. The number of fused-ring (bicyclic) bond motifs is 1. The van der Waals surface area contributed by atoms with Gasteiger partial charge in [-0.2, -0.15) is 0 Å². The van der Waals surface area contributed by atoms with Gasteiger partial charge in [0.25, 0.3) is 0 Å². The van der Waals surface area contributed by atoms with Crippen LogP contribution in [0, 0.1) is 17.8 Å². The van der Waals surface area contributed by atoms with Crippen LogP contribution in [0.4, 0.5) is 5.00 Å². The van der Waals surface area contributed by atoms with Crippen molar-refractivity contribution in [1.82, 2.24) is 0 Å². The lowest BCUT2D eigenvalue weighted by atomic mass is 9.76. The van der Waals surface area contributed by atoms with Gasteiger partial charge in [-0.05, 0) is 57.4 Å². The first-order valence-corrected chi connectivity index (χ1v) is 11.0. The van der Waals surface area contributed by atoms with E-state index in [1.54, 1.807) is 0 Å². The Bertz CT molecular complexity index is 869. The van der Waals surface area contributed by atoms with Gasteiger partial charge in [-0.25, -0.2) is 4.79 Å². The van der Waals surface area contributed by atoms with E-state index < -0.39 is 23.8 Å². The molecule has 1 heterocycles. The number of ether oxygens (including phenoxy) is 1. The number of amides is 1. The monoisotopic (exact) mass is 419 g/mol. The van der Waals surface area contributed by atoms with Gasteiger partial charge in [0.15, 0.2) is 0 Å². The lowest BCUT2D eigenvalue weighted by molar-refractivity contribution is -0.146. The fourth-order valence-electron chi connectivity index (χ4n) is 4.44. The Hall–Kier alpha value is -2.15. The molecule has 0 fully saturated rings. The third-order valence-corrected chi connectivity index (χ3v) is 7.66. The predicted octanol–water partition coefficient (Wildman–Crippen LogP) is 4.44. The summed E-state index contributed by atoms with van der Waals surface area (Å²) in [7, 11) is 1.34. The van der Waals surface area contributed by atoms with Crippen LogP contribution in [0.5, 0.6) is 0 Å². The number of esters is 1. The molecule has 3 rings (SSSR count). The van der Waals surface area contributed by atoms with Crippen LogP contribution in [0.3, 0.4) is 0 Å². The highest BCUT2D eigenvalue weighted by Gasteiger charge is 2.38. The number of thiophene rings is 1. The van der Waals surface area contributed by atoms with E-state index in [0.29, 0.717) is 29.3 Å². The van der Waals surface area contributed by atoms with Gasteiger partial charge in [0.05, 0.1) is 24.5 Å². The number of methoxy groups -OCH3 is 1. The number of carboxylic acid groups (broad SMARTS) is 1. The second-order valence-corrected chi connectivity index (χ2v) is 9.33. The normalized spacial score (nSPS) is 24.1. The van der Waals surface area contributed by atoms with Gasteiger partial charge in [-0.15, -0.1) is 11.3 Å². The number of aliphatic carboxylic acids is 1. The van der Waals surface area contributed by atoms with E-state index in [0.717, 1.165) is 47.3 Å². The molecule has 29 heavy (non-hydrogen) atoms. The Morgan fingerprint density at radius 3 is 2.38 bits per heavy atom. The highest BCUT2D eigenvalue weighted by Crippen LogP contribution is 2.42. The van der Waals surface area contributed by atoms with Crippen LogP contribution in [0.15, 0.2) is 11.1 Å². The highest BCUT2D eigenvalue weighted by atomic mass is 32.1. The first kappa shape index (κ1) is 21.6. The van der Waals surface area contributed by atoms with Gasteiger partial charge >= 0.3 is 11.9 Å². The Labute approximate surface area is 175 Å². The number of rotatable bonds is 5. The van der Waals surface area contributed by atoms with Crippen molar-refractivity contribution >= 4 is 34.2 Å². The SMILES string of the molecule is CC[C@@H]1CCc2c(sc(NC(=O)[C@H]3CC(C)=C(C)C[C@H]3C(=O)O)c2C(=O)OC)C1. The number of allylic oxidation sites excluding steroid dienone is 2. The van der Waals surface area contributed by atoms with Gasteiger partial charge in [-0.1, -0.05) is 24.5 Å². The molecule has 0 radical (unpaired) electrons. The molecule has 0 bridgehead atoms. The van der Waals surface area contributed by atoms with Crippen molar-refractivity contribution in [2.45, 2.75) is 59.3 Å². The molecule has 3 atom stereocenters. The molecule has 2 aliphatic rings. The Balaban J connectivity index is 1.91. The molecule has 7 heteroatoms. The topological polar surface area (TPSA) is 92.7 Å². The van der Waals surface area contributed by atoms with Gasteiger partial charge in [0, 0.05) is 4.88 Å². The van der Waals surface area contributed by atoms with Crippen molar-refractivity contribution in [3.63, 3.8) is 0 Å². The van der Waals surface area contributed by atoms with Crippen LogP contribution >= 0.6 is 11.3 Å². The molecule has 0 saturated carbocycles. The number of hydrogen-bond donors (Lipinski definition) is 2. The molecule has 2 N–H and O–H groups in total. The Morgan fingerprint density at radius 2 is 1.79 bits per heavy atom. The average Bonchev–Trinajstić information content (AvgIpc) is 3.05. The van der Waals surface area contributed by atoms with Gasteiger partial charge in [0.2, 0.25) is 5.91 Å². The zero-order valence-electron chi connectivity index (χ0n) is 17.5. The van der Waals surface area contributed by atoms with E-state index in [1.165, 1.54) is 18.4 Å². The van der Waals surface area contributed by atoms with E-state index in [4.69, 9.17) is 4.74 Å². The summed E-state index contributed by atoms with van der Waals surface area (Å²) in [5.74, 6) is -2.55. The maximum atomic E-state index is 13.1. The molecule has 0 aromatic carbocycles. The van der Waals surface area contributed by atoms with E-state index in [-0.39, 0.29) is 5.91 Å². The zero-order chi connectivity index (χ0) is 21.3. The van der Waals surface area contributed by atoms with Crippen molar-refractivity contribution in [1.29, 1.82) is 0 Å². The van der Waals surface area contributed by atoms with Crippen LogP contribution in [-0.2, 0) is 27.2 Å². The minimum Gasteiger partial charge on any atom is -0.481 e. The summed E-state index contributed by atoms with van der Waals surface area (Å²) in [6.07, 6.45) is 4.60. The fourth-order valence-corrected chi connectivity index (χ4v) is 5.79. The molecule has 0 spiro atoms. The first-order chi connectivity index (χ1) is 13.8. The van der Waals surface area contributed by atoms with Gasteiger partial charge < -0.3 is 15.2 Å². The summed E-state index contributed by atoms with van der Waals surface area (Å²) in [6.45, 7) is 6.04. The minimum atomic E-state index is -0.957. The quantitative estimate of drug-likeness (QED) is 0.544. The summed E-state index contributed by atoms with van der Waals surface area (Å²) in [4.78, 5) is 38.4. The van der Waals surface area contributed by atoms with E-state index in [9.17, 15) is 19.5 Å². The van der Waals surface area contributed by atoms with E-state index in [2.05, 4.69) is 12.2 Å². The molecule has 0 unspecified atom stereocenters. The van der Waals surface area contributed by atoms with E-state index >= 15 is 0 Å². The second kappa shape index (κ2) is 8.69. The van der Waals surface area contributed by atoms with Crippen LogP contribution in [0.2, 0.25) is 0 Å². The lowest BCUT2D eigenvalue weighted by Crippen LogP contribution is -2.36. The molecule has 1 aromatic heterocycles. The summed E-state index contributed by atoms with van der Waals surface area (Å²) in [5, 5.41) is 13.0. The molecular formula is C22H29NO5S. The van der Waals surface area contributed by atoms with Crippen LogP contribution in [-0.4, -0.2) is 30.1 Å². The zero-order valence-corrected chi connectivity index (χ0v) is 18.3. The number of carboxylic acids is 1. The van der Waals surface area contributed by atoms with Crippen molar-refractivity contribution in [3.05, 3.63) is 27.2 Å². The number of hydrogen-bond acceptors (Lipinski definition) is 5. The summed E-state index contributed by atoms with van der Waals surface area (Å²) >= 11 is 1.44. The maximum Gasteiger partial charge on any atom is 0.341 e. The van der Waals surface area contributed by atoms with Crippen molar-refractivity contribution < 1.29 is 24.2 Å². The third kappa shape index (κ3) is 4.25. The van der Waals surface area contributed by atoms with E-state index in [1.807, 2.05) is 13.8 Å². The third-order valence-electron chi connectivity index (χ3n) is 6.49. The molecular weight excluding hydrogens is 390 g/mol.